The van der Waals surface area contributed by atoms with Crippen molar-refractivity contribution in [2.24, 2.45) is 0 Å². The van der Waals surface area contributed by atoms with Crippen LogP contribution in [0.15, 0.2) is 51.8 Å². The van der Waals surface area contributed by atoms with Gasteiger partial charge in [0.25, 0.3) is 11.8 Å². The van der Waals surface area contributed by atoms with Gasteiger partial charge in [-0.05, 0) is 24.3 Å². The van der Waals surface area contributed by atoms with Gasteiger partial charge in [0, 0.05) is 12.3 Å². The van der Waals surface area contributed by atoms with E-state index in [-0.39, 0.29) is 22.4 Å². The second kappa shape index (κ2) is 6.64. The van der Waals surface area contributed by atoms with Gasteiger partial charge in [-0.1, -0.05) is 17.2 Å². The van der Waals surface area contributed by atoms with Gasteiger partial charge in [0.05, 0.1) is 16.0 Å². The minimum Gasteiger partial charge on any atom is -0.403 e. The SMILES string of the molecule is CS(=O)(=O)c1ccccc1-c1nnc(NC(=O)c2ccc(F)cc2F)o1. The van der Waals surface area contributed by atoms with Crippen LogP contribution in [0, 0.1) is 11.6 Å². The average molecular weight is 379 g/mol. The first-order valence-corrected chi connectivity index (χ1v) is 9.04. The van der Waals surface area contributed by atoms with E-state index in [4.69, 9.17) is 4.42 Å². The van der Waals surface area contributed by atoms with Crippen LogP contribution < -0.4 is 5.32 Å². The zero-order valence-electron chi connectivity index (χ0n) is 13.2. The minimum absolute atomic E-state index is 0.0221. The van der Waals surface area contributed by atoms with E-state index < -0.39 is 32.9 Å². The molecule has 2 aromatic carbocycles. The second-order valence-corrected chi connectivity index (χ2v) is 7.24. The van der Waals surface area contributed by atoms with E-state index in [0.29, 0.717) is 6.07 Å². The van der Waals surface area contributed by atoms with Crippen molar-refractivity contribution in [2.45, 2.75) is 4.90 Å². The highest BCUT2D eigenvalue weighted by Crippen LogP contribution is 2.27. The molecule has 1 heterocycles. The fourth-order valence-electron chi connectivity index (χ4n) is 2.19. The zero-order valence-corrected chi connectivity index (χ0v) is 14.0. The lowest BCUT2D eigenvalue weighted by Gasteiger charge is -2.03. The van der Waals surface area contributed by atoms with Crippen LogP contribution in [0.1, 0.15) is 10.4 Å². The minimum atomic E-state index is -3.55. The van der Waals surface area contributed by atoms with Crippen molar-refractivity contribution in [3.05, 3.63) is 59.7 Å². The number of hydrogen-bond donors (Lipinski definition) is 1. The van der Waals surface area contributed by atoms with E-state index >= 15 is 0 Å². The number of carbonyl (C=O) groups excluding carboxylic acids is 1. The van der Waals surface area contributed by atoms with E-state index in [1.54, 1.807) is 6.07 Å². The molecule has 0 fully saturated rings. The van der Waals surface area contributed by atoms with Crippen molar-refractivity contribution in [1.82, 2.24) is 10.2 Å². The van der Waals surface area contributed by atoms with Crippen molar-refractivity contribution < 1.29 is 26.4 Å². The van der Waals surface area contributed by atoms with Crippen molar-refractivity contribution >= 4 is 21.8 Å². The van der Waals surface area contributed by atoms with Crippen molar-refractivity contribution in [3.8, 4) is 11.5 Å². The van der Waals surface area contributed by atoms with Crippen LogP contribution in [0.2, 0.25) is 0 Å². The lowest BCUT2D eigenvalue weighted by molar-refractivity contribution is 0.102. The lowest BCUT2D eigenvalue weighted by Crippen LogP contribution is -2.14. The summed E-state index contributed by atoms with van der Waals surface area (Å²) < 4.78 is 55.4. The molecule has 0 saturated carbocycles. The Hall–Kier alpha value is -3.14. The molecule has 1 amide bonds. The molecular formula is C16H11F2N3O4S. The molecule has 0 spiro atoms. The van der Waals surface area contributed by atoms with Crippen molar-refractivity contribution in [1.29, 1.82) is 0 Å². The molecule has 3 aromatic rings. The summed E-state index contributed by atoms with van der Waals surface area (Å²) in [7, 11) is -3.55. The van der Waals surface area contributed by atoms with Gasteiger partial charge >= 0.3 is 6.01 Å². The molecule has 0 saturated heterocycles. The lowest BCUT2D eigenvalue weighted by atomic mass is 10.2. The standard InChI is InChI=1S/C16H11F2N3O4S/c1-26(23,24)13-5-3-2-4-11(13)15-20-21-16(25-15)19-14(22)10-7-6-9(17)8-12(10)18/h2-8H,1H3,(H,19,21,22). The molecule has 7 nitrogen and oxygen atoms in total. The summed E-state index contributed by atoms with van der Waals surface area (Å²) in [6.45, 7) is 0. The number of halogens is 2. The number of amides is 1. The van der Waals surface area contributed by atoms with E-state index in [1.165, 1.54) is 18.2 Å². The van der Waals surface area contributed by atoms with Crippen LogP contribution in [0.3, 0.4) is 0 Å². The predicted molar refractivity (Wildman–Crippen MR) is 87.2 cm³/mol. The first-order chi connectivity index (χ1) is 12.3. The molecule has 3 rings (SSSR count). The van der Waals surface area contributed by atoms with Gasteiger partial charge in [0.2, 0.25) is 0 Å². The molecule has 26 heavy (non-hydrogen) atoms. The number of aromatic nitrogens is 2. The average Bonchev–Trinajstić information content (AvgIpc) is 3.02. The number of anilines is 1. The van der Waals surface area contributed by atoms with Crippen LogP contribution in [0.5, 0.6) is 0 Å². The maximum absolute atomic E-state index is 13.6. The normalized spacial score (nSPS) is 11.3. The summed E-state index contributed by atoms with van der Waals surface area (Å²) in [6, 6.07) is 8.07. The molecule has 0 bridgehead atoms. The molecule has 0 aliphatic carbocycles. The number of benzene rings is 2. The van der Waals surface area contributed by atoms with Gasteiger partial charge in [-0.25, -0.2) is 17.2 Å². The van der Waals surface area contributed by atoms with Gasteiger partial charge < -0.3 is 4.42 Å². The highest BCUT2D eigenvalue weighted by molar-refractivity contribution is 7.90. The Morgan fingerprint density at radius 3 is 2.54 bits per heavy atom. The number of rotatable bonds is 4. The summed E-state index contributed by atoms with van der Waals surface area (Å²) in [6.07, 6.45) is 1.03. The second-order valence-electron chi connectivity index (χ2n) is 5.26. The molecule has 134 valence electrons. The van der Waals surface area contributed by atoms with E-state index in [9.17, 15) is 22.0 Å². The van der Waals surface area contributed by atoms with Crippen LogP contribution in [-0.4, -0.2) is 30.8 Å². The molecule has 0 aliphatic heterocycles. The number of carbonyl (C=O) groups is 1. The third-order valence-corrected chi connectivity index (χ3v) is 4.49. The maximum atomic E-state index is 13.6. The molecule has 1 aromatic heterocycles. The zero-order chi connectivity index (χ0) is 18.9. The van der Waals surface area contributed by atoms with Gasteiger partial charge in [-0.3, -0.25) is 10.1 Å². The Labute approximate surface area is 146 Å². The first-order valence-electron chi connectivity index (χ1n) is 7.15. The predicted octanol–water partition coefficient (Wildman–Crippen LogP) is 2.67. The maximum Gasteiger partial charge on any atom is 0.322 e. The monoisotopic (exact) mass is 379 g/mol. The number of nitrogens with one attached hydrogen (secondary N) is 1. The Morgan fingerprint density at radius 2 is 1.85 bits per heavy atom. The van der Waals surface area contributed by atoms with Crippen LogP contribution in [-0.2, 0) is 9.84 Å². The molecular weight excluding hydrogens is 368 g/mol. The highest BCUT2D eigenvalue weighted by atomic mass is 32.2. The Bertz CT molecular complexity index is 1100. The molecule has 0 radical (unpaired) electrons. The Kier molecular flexibility index (Phi) is 4.51. The van der Waals surface area contributed by atoms with E-state index in [1.807, 2.05) is 0 Å². The summed E-state index contributed by atoms with van der Waals surface area (Å²) in [4.78, 5) is 12.0. The Morgan fingerprint density at radius 1 is 1.12 bits per heavy atom. The quantitative estimate of drug-likeness (QED) is 0.748. The molecule has 0 atom stereocenters. The number of hydrogen-bond acceptors (Lipinski definition) is 6. The summed E-state index contributed by atoms with van der Waals surface area (Å²) in [5.41, 5.74) is -0.251. The topological polar surface area (TPSA) is 102 Å². The largest absolute Gasteiger partial charge is 0.403 e. The third kappa shape index (κ3) is 3.59. The van der Waals surface area contributed by atoms with Gasteiger partial charge in [-0.15, -0.1) is 5.10 Å². The van der Waals surface area contributed by atoms with Crippen LogP contribution in [0.25, 0.3) is 11.5 Å². The molecule has 0 unspecified atom stereocenters. The van der Waals surface area contributed by atoms with E-state index in [0.717, 1.165) is 18.4 Å². The number of nitrogens with zero attached hydrogens (tertiary/aromatic N) is 2. The highest BCUT2D eigenvalue weighted by Gasteiger charge is 2.20. The fourth-order valence-corrected chi connectivity index (χ4v) is 3.07. The summed E-state index contributed by atoms with van der Waals surface area (Å²) in [5.74, 6) is -2.93. The third-order valence-electron chi connectivity index (χ3n) is 3.34. The smallest absolute Gasteiger partial charge is 0.322 e. The Balaban J connectivity index is 1.89. The molecule has 0 aliphatic rings. The summed E-state index contributed by atoms with van der Waals surface area (Å²) >= 11 is 0. The number of sulfone groups is 1. The van der Waals surface area contributed by atoms with Crippen molar-refractivity contribution in [3.63, 3.8) is 0 Å². The fraction of sp³-hybridized carbons (Fsp3) is 0.0625. The van der Waals surface area contributed by atoms with Crippen LogP contribution in [0.4, 0.5) is 14.8 Å². The summed E-state index contributed by atoms with van der Waals surface area (Å²) in [5, 5.41) is 9.46. The molecule has 10 heteroatoms. The van der Waals surface area contributed by atoms with Gasteiger partial charge in [0.15, 0.2) is 9.84 Å². The first kappa shape index (κ1) is 17.7. The molecule has 1 N–H and O–H groups in total. The van der Waals surface area contributed by atoms with E-state index in [2.05, 4.69) is 15.5 Å². The van der Waals surface area contributed by atoms with Gasteiger partial charge in [0.1, 0.15) is 11.6 Å². The van der Waals surface area contributed by atoms with Gasteiger partial charge in [-0.2, -0.15) is 0 Å². The van der Waals surface area contributed by atoms with Crippen LogP contribution >= 0.6 is 0 Å². The van der Waals surface area contributed by atoms with Crippen molar-refractivity contribution in [2.75, 3.05) is 11.6 Å².